The molecule has 27 heavy (non-hydrogen) atoms. The number of ether oxygens (including phenoxy) is 1. The number of aryl methyl sites for hydroxylation is 1. The lowest BCUT2D eigenvalue weighted by Crippen LogP contribution is -2.31. The second-order valence-corrected chi connectivity index (χ2v) is 7.17. The largest absolute Gasteiger partial charge is 0.490 e. The highest BCUT2D eigenvalue weighted by molar-refractivity contribution is 5.93. The van der Waals surface area contributed by atoms with E-state index in [0.717, 1.165) is 47.6 Å². The fourth-order valence-electron chi connectivity index (χ4n) is 3.87. The van der Waals surface area contributed by atoms with Gasteiger partial charge in [0.2, 0.25) is 0 Å². The van der Waals surface area contributed by atoms with Crippen molar-refractivity contribution in [3.63, 3.8) is 0 Å². The average molecular weight is 364 g/mol. The van der Waals surface area contributed by atoms with E-state index in [2.05, 4.69) is 38.5 Å². The zero-order valence-corrected chi connectivity index (χ0v) is 16.1. The van der Waals surface area contributed by atoms with E-state index in [-0.39, 0.29) is 0 Å². The summed E-state index contributed by atoms with van der Waals surface area (Å²) in [6.45, 7) is 7.29. The third kappa shape index (κ3) is 3.98. The predicted octanol–water partition coefficient (Wildman–Crippen LogP) is 4.37. The topological polar surface area (TPSA) is 43.2 Å². The molecule has 0 bridgehead atoms. The Morgan fingerprint density at radius 2 is 1.85 bits per heavy atom. The van der Waals surface area contributed by atoms with Crippen molar-refractivity contribution in [3.8, 4) is 17.0 Å². The number of nitrogens with zero attached hydrogens (tertiary/aromatic N) is 4. The molecular formula is C22H28N4O. The number of imidazole rings is 1. The maximum absolute atomic E-state index is 6.15. The van der Waals surface area contributed by atoms with Crippen molar-refractivity contribution < 1.29 is 4.74 Å². The standard InChI is InChI=1S/C22H28N4O/c1-2-26-17-24-21-20(18-10-5-3-6-11-18)23-16-19(22(21)26)27-15-9-14-25-12-7-4-8-13-25/h3,5-6,10-11,16-17H,2,4,7-9,12-15H2,1H3. The van der Waals surface area contributed by atoms with Crippen molar-refractivity contribution in [3.05, 3.63) is 42.9 Å². The van der Waals surface area contributed by atoms with E-state index in [1.54, 1.807) is 0 Å². The van der Waals surface area contributed by atoms with E-state index in [4.69, 9.17) is 4.74 Å². The highest BCUT2D eigenvalue weighted by Crippen LogP contribution is 2.31. The molecule has 1 fully saturated rings. The molecule has 5 heteroatoms. The van der Waals surface area contributed by atoms with Crippen molar-refractivity contribution in [2.75, 3.05) is 26.2 Å². The van der Waals surface area contributed by atoms with Gasteiger partial charge < -0.3 is 14.2 Å². The normalized spacial score (nSPS) is 15.3. The summed E-state index contributed by atoms with van der Waals surface area (Å²) in [5.41, 5.74) is 3.96. The van der Waals surface area contributed by atoms with Crippen molar-refractivity contribution >= 4 is 11.0 Å². The van der Waals surface area contributed by atoms with Crippen LogP contribution in [0.2, 0.25) is 0 Å². The smallest absolute Gasteiger partial charge is 0.163 e. The first-order valence-corrected chi connectivity index (χ1v) is 10.1. The summed E-state index contributed by atoms with van der Waals surface area (Å²) in [6.07, 6.45) is 8.84. The molecule has 0 amide bonds. The van der Waals surface area contributed by atoms with Crippen LogP contribution in [0.4, 0.5) is 0 Å². The molecule has 142 valence electrons. The van der Waals surface area contributed by atoms with E-state index >= 15 is 0 Å². The third-order valence-corrected chi connectivity index (χ3v) is 5.32. The SMILES string of the molecule is CCn1cnc2c(-c3ccccc3)ncc(OCCCN3CCCCC3)c21. The fourth-order valence-corrected chi connectivity index (χ4v) is 3.87. The Hall–Kier alpha value is -2.40. The van der Waals surface area contributed by atoms with Crippen LogP contribution in [-0.2, 0) is 6.54 Å². The van der Waals surface area contributed by atoms with Crippen molar-refractivity contribution in [1.29, 1.82) is 0 Å². The Balaban J connectivity index is 1.51. The van der Waals surface area contributed by atoms with Gasteiger partial charge in [-0.2, -0.15) is 0 Å². The summed E-state index contributed by atoms with van der Waals surface area (Å²) in [5.74, 6) is 0.836. The highest BCUT2D eigenvalue weighted by Gasteiger charge is 2.16. The van der Waals surface area contributed by atoms with Gasteiger partial charge in [0.15, 0.2) is 5.75 Å². The average Bonchev–Trinajstić information content (AvgIpc) is 3.17. The van der Waals surface area contributed by atoms with Crippen LogP contribution in [0.15, 0.2) is 42.9 Å². The number of aromatic nitrogens is 3. The van der Waals surface area contributed by atoms with Crippen LogP contribution in [0.5, 0.6) is 5.75 Å². The second-order valence-electron chi connectivity index (χ2n) is 7.17. The van der Waals surface area contributed by atoms with Gasteiger partial charge in [-0.25, -0.2) is 9.97 Å². The fraction of sp³-hybridized carbons (Fsp3) is 0.455. The van der Waals surface area contributed by atoms with Gasteiger partial charge >= 0.3 is 0 Å². The zero-order valence-electron chi connectivity index (χ0n) is 16.1. The lowest BCUT2D eigenvalue weighted by atomic mass is 10.1. The van der Waals surface area contributed by atoms with Gasteiger partial charge in [-0.15, -0.1) is 0 Å². The van der Waals surface area contributed by atoms with Crippen LogP contribution in [-0.4, -0.2) is 45.7 Å². The quantitative estimate of drug-likeness (QED) is 0.584. The van der Waals surface area contributed by atoms with E-state index in [9.17, 15) is 0 Å². The minimum atomic E-state index is 0.715. The zero-order chi connectivity index (χ0) is 18.5. The Bertz CT molecular complexity index is 869. The molecule has 0 radical (unpaired) electrons. The number of pyridine rings is 1. The Morgan fingerprint density at radius 1 is 1.04 bits per heavy atom. The molecule has 1 aromatic carbocycles. The molecule has 0 aliphatic carbocycles. The molecule has 0 spiro atoms. The van der Waals surface area contributed by atoms with Gasteiger partial charge in [0.25, 0.3) is 0 Å². The predicted molar refractivity (Wildman–Crippen MR) is 109 cm³/mol. The maximum Gasteiger partial charge on any atom is 0.163 e. The molecule has 0 N–H and O–H groups in total. The van der Waals surface area contributed by atoms with E-state index in [1.807, 2.05) is 30.7 Å². The van der Waals surface area contributed by atoms with Crippen molar-refractivity contribution in [2.45, 2.75) is 39.2 Å². The molecule has 0 saturated carbocycles. The summed E-state index contributed by atoms with van der Waals surface area (Å²) < 4.78 is 8.29. The number of hydrogen-bond acceptors (Lipinski definition) is 4. The molecule has 4 rings (SSSR count). The lowest BCUT2D eigenvalue weighted by Gasteiger charge is -2.26. The van der Waals surface area contributed by atoms with Crippen LogP contribution < -0.4 is 4.74 Å². The lowest BCUT2D eigenvalue weighted by molar-refractivity contribution is 0.205. The molecule has 0 atom stereocenters. The molecule has 5 nitrogen and oxygen atoms in total. The minimum Gasteiger partial charge on any atom is -0.490 e. The number of piperidine rings is 1. The maximum atomic E-state index is 6.15. The molecule has 1 saturated heterocycles. The minimum absolute atomic E-state index is 0.715. The highest BCUT2D eigenvalue weighted by atomic mass is 16.5. The van der Waals surface area contributed by atoms with Crippen LogP contribution in [0, 0.1) is 0 Å². The van der Waals surface area contributed by atoms with E-state index in [1.165, 1.54) is 32.4 Å². The Morgan fingerprint density at radius 3 is 2.63 bits per heavy atom. The van der Waals surface area contributed by atoms with Crippen LogP contribution in [0.3, 0.4) is 0 Å². The second kappa shape index (κ2) is 8.53. The molecule has 3 heterocycles. The first-order chi connectivity index (χ1) is 13.4. The van der Waals surface area contributed by atoms with Gasteiger partial charge in [-0.3, -0.25) is 0 Å². The Labute approximate surface area is 161 Å². The molecule has 3 aromatic rings. The Kier molecular flexibility index (Phi) is 5.68. The number of hydrogen-bond donors (Lipinski definition) is 0. The van der Waals surface area contributed by atoms with E-state index < -0.39 is 0 Å². The van der Waals surface area contributed by atoms with Gasteiger partial charge in [0.05, 0.1) is 24.8 Å². The summed E-state index contributed by atoms with van der Waals surface area (Å²) in [5, 5.41) is 0. The molecule has 0 unspecified atom stereocenters. The molecular weight excluding hydrogens is 336 g/mol. The summed E-state index contributed by atoms with van der Waals surface area (Å²) in [6, 6.07) is 10.2. The van der Waals surface area contributed by atoms with Gasteiger partial charge in [-0.1, -0.05) is 36.8 Å². The summed E-state index contributed by atoms with van der Waals surface area (Å²) in [7, 11) is 0. The third-order valence-electron chi connectivity index (χ3n) is 5.32. The number of rotatable bonds is 7. The van der Waals surface area contributed by atoms with Crippen molar-refractivity contribution in [2.24, 2.45) is 0 Å². The molecule has 1 aliphatic heterocycles. The monoisotopic (exact) mass is 364 g/mol. The summed E-state index contributed by atoms with van der Waals surface area (Å²) >= 11 is 0. The molecule has 1 aliphatic rings. The van der Waals surface area contributed by atoms with Crippen LogP contribution >= 0.6 is 0 Å². The van der Waals surface area contributed by atoms with Crippen LogP contribution in [0.1, 0.15) is 32.6 Å². The van der Waals surface area contributed by atoms with E-state index in [0.29, 0.717) is 6.61 Å². The first kappa shape index (κ1) is 18.0. The first-order valence-electron chi connectivity index (χ1n) is 10.1. The van der Waals surface area contributed by atoms with Gasteiger partial charge in [0.1, 0.15) is 11.0 Å². The number of fused-ring (bicyclic) bond motifs is 1. The van der Waals surface area contributed by atoms with Gasteiger partial charge in [-0.05, 0) is 39.3 Å². The molecule has 2 aromatic heterocycles. The van der Waals surface area contributed by atoms with Crippen molar-refractivity contribution in [1.82, 2.24) is 19.4 Å². The van der Waals surface area contributed by atoms with Gasteiger partial charge in [0, 0.05) is 18.7 Å². The summed E-state index contributed by atoms with van der Waals surface area (Å²) in [4.78, 5) is 11.9. The number of likely N-dealkylation sites (tertiary alicyclic amines) is 1. The van der Waals surface area contributed by atoms with Crippen LogP contribution in [0.25, 0.3) is 22.3 Å². The number of benzene rings is 1.